The molecule has 5 rings (SSSR count). The van der Waals surface area contributed by atoms with E-state index in [1.54, 1.807) is 21.3 Å². The zero-order chi connectivity index (χ0) is 27.7. The highest BCUT2D eigenvalue weighted by Crippen LogP contribution is 2.48. The Kier molecular flexibility index (Phi) is 7.63. The number of piperidine rings is 1. The third-order valence-corrected chi connectivity index (χ3v) is 8.53. The molecular formula is C32H41N3O4. The first-order chi connectivity index (χ1) is 18.9. The number of methoxy groups -OCH3 is 3. The minimum Gasteiger partial charge on any atom is -0.497 e. The predicted molar refractivity (Wildman–Crippen MR) is 154 cm³/mol. The summed E-state index contributed by atoms with van der Waals surface area (Å²) in [6, 6.07) is 10.5. The number of allylic oxidation sites excluding steroid dienone is 2. The van der Waals surface area contributed by atoms with E-state index in [9.17, 15) is 4.79 Å². The lowest BCUT2D eigenvalue weighted by molar-refractivity contribution is 0.0890. The fraction of sp³-hybridized carbons (Fsp3) is 0.469. The van der Waals surface area contributed by atoms with Gasteiger partial charge in [0.05, 0.1) is 33.4 Å². The van der Waals surface area contributed by atoms with Gasteiger partial charge in [-0.3, -0.25) is 9.80 Å². The number of ether oxygens (including phenoxy) is 3. The monoisotopic (exact) mass is 531 g/mol. The first-order valence-corrected chi connectivity index (χ1v) is 14.0. The van der Waals surface area contributed by atoms with Crippen molar-refractivity contribution in [2.24, 2.45) is 0 Å². The van der Waals surface area contributed by atoms with Gasteiger partial charge in [0.25, 0.3) is 0 Å². The summed E-state index contributed by atoms with van der Waals surface area (Å²) < 4.78 is 16.8. The van der Waals surface area contributed by atoms with Gasteiger partial charge in [0, 0.05) is 43.5 Å². The Morgan fingerprint density at radius 1 is 0.923 bits per heavy atom. The Balaban J connectivity index is 1.44. The summed E-state index contributed by atoms with van der Waals surface area (Å²) in [6.45, 7) is 12.5. The van der Waals surface area contributed by atoms with E-state index in [1.807, 2.05) is 11.0 Å². The van der Waals surface area contributed by atoms with Crippen LogP contribution in [0.3, 0.4) is 0 Å². The number of hydrogen-bond donors (Lipinski definition) is 0. The number of benzene rings is 2. The van der Waals surface area contributed by atoms with Crippen LogP contribution in [0.1, 0.15) is 55.4 Å². The van der Waals surface area contributed by atoms with Gasteiger partial charge < -0.3 is 19.1 Å². The van der Waals surface area contributed by atoms with Crippen LogP contribution in [0, 0.1) is 0 Å². The molecule has 3 aliphatic heterocycles. The lowest BCUT2D eigenvalue weighted by Gasteiger charge is -2.44. The number of amides is 2. The average molecular weight is 532 g/mol. The number of hydrogen-bond acceptors (Lipinski definition) is 5. The van der Waals surface area contributed by atoms with Crippen LogP contribution < -0.4 is 14.2 Å². The minimum atomic E-state index is -0.334. The van der Waals surface area contributed by atoms with Crippen molar-refractivity contribution < 1.29 is 19.0 Å². The largest absolute Gasteiger partial charge is 0.497 e. The van der Waals surface area contributed by atoms with Crippen molar-refractivity contribution in [3.63, 3.8) is 0 Å². The summed E-state index contributed by atoms with van der Waals surface area (Å²) in [7, 11) is 5.08. The van der Waals surface area contributed by atoms with Crippen LogP contribution in [0.2, 0.25) is 0 Å². The van der Waals surface area contributed by atoms with E-state index in [0.717, 1.165) is 90.5 Å². The van der Waals surface area contributed by atoms with Gasteiger partial charge in [0.15, 0.2) is 0 Å². The summed E-state index contributed by atoms with van der Waals surface area (Å²) in [6.07, 6.45) is 5.94. The predicted octanol–water partition coefficient (Wildman–Crippen LogP) is 5.87. The van der Waals surface area contributed by atoms with E-state index >= 15 is 0 Å². The van der Waals surface area contributed by atoms with Crippen molar-refractivity contribution in [2.45, 2.75) is 58.2 Å². The number of carbonyl (C=O) groups excluding carboxylic acids is 1. The van der Waals surface area contributed by atoms with E-state index in [4.69, 9.17) is 14.2 Å². The average Bonchev–Trinajstić information content (AvgIpc) is 3.04. The van der Waals surface area contributed by atoms with E-state index < -0.39 is 0 Å². The molecule has 39 heavy (non-hydrogen) atoms. The quantitative estimate of drug-likeness (QED) is 0.427. The molecular weight excluding hydrogens is 490 g/mol. The van der Waals surface area contributed by atoms with Crippen molar-refractivity contribution in [2.75, 3.05) is 41.0 Å². The summed E-state index contributed by atoms with van der Waals surface area (Å²) >= 11 is 0. The lowest BCUT2D eigenvalue weighted by Crippen LogP contribution is -2.53. The highest BCUT2D eigenvalue weighted by atomic mass is 16.5. The molecule has 3 aliphatic rings. The van der Waals surface area contributed by atoms with Crippen LogP contribution >= 0.6 is 0 Å². The van der Waals surface area contributed by atoms with Crippen molar-refractivity contribution in [3.05, 3.63) is 70.9 Å². The first-order valence-electron chi connectivity index (χ1n) is 14.0. The van der Waals surface area contributed by atoms with Gasteiger partial charge in [-0.15, -0.1) is 0 Å². The number of rotatable bonds is 8. The van der Waals surface area contributed by atoms with Crippen molar-refractivity contribution in [1.82, 2.24) is 14.7 Å². The summed E-state index contributed by atoms with van der Waals surface area (Å²) in [5, 5.41) is 0. The number of carbonyl (C=O) groups is 1. The zero-order valence-corrected chi connectivity index (χ0v) is 24.0. The maximum absolute atomic E-state index is 13.9. The highest BCUT2D eigenvalue weighted by Gasteiger charge is 2.54. The Bertz CT molecular complexity index is 1270. The lowest BCUT2D eigenvalue weighted by atomic mass is 9.82. The molecule has 0 aromatic heterocycles. The Labute approximate surface area is 232 Å². The maximum Gasteiger partial charge on any atom is 0.325 e. The third-order valence-electron chi connectivity index (χ3n) is 8.53. The number of fused-ring (bicyclic) bond motifs is 3. The third kappa shape index (κ3) is 4.78. The summed E-state index contributed by atoms with van der Waals surface area (Å²) in [5.74, 6) is 2.44. The van der Waals surface area contributed by atoms with Gasteiger partial charge in [-0.1, -0.05) is 26.0 Å². The molecule has 7 nitrogen and oxygen atoms in total. The molecule has 208 valence electrons. The van der Waals surface area contributed by atoms with Crippen molar-refractivity contribution >= 4 is 11.6 Å². The number of urea groups is 1. The molecule has 0 atom stereocenters. The molecule has 0 saturated carbocycles. The van der Waals surface area contributed by atoms with Crippen LogP contribution in [0.15, 0.2) is 48.7 Å². The van der Waals surface area contributed by atoms with Gasteiger partial charge in [-0.05, 0) is 72.7 Å². The minimum absolute atomic E-state index is 0.0928. The summed E-state index contributed by atoms with van der Waals surface area (Å²) in [4.78, 5) is 20.5. The van der Waals surface area contributed by atoms with Gasteiger partial charge in [0.1, 0.15) is 17.2 Å². The van der Waals surface area contributed by atoms with Gasteiger partial charge in [-0.25, -0.2) is 4.79 Å². The topological polar surface area (TPSA) is 54.5 Å². The second-order valence-electron chi connectivity index (χ2n) is 10.8. The van der Waals surface area contributed by atoms with Crippen LogP contribution in [0.25, 0.3) is 5.57 Å². The number of aryl methyl sites for hydroxylation is 1. The van der Waals surface area contributed by atoms with Crippen molar-refractivity contribution in [3.8, 4) is 17.2 Å². The molecule has 7 heteroatoms. The molecule has 2 amide bonds. The maximum atomic E-state index is 13.9. The second-order valence-corrected chi connectivity index (χ2v) is 10.8. The Morgan fingerprint density at radius 3 is 2.21 bits per heavy atom. The smallest absolute Gasteiger partial charge is 0.325 e. The van der Waals surface area contributed by atoms with E-state index in [0.29, 0.717) is 13.1 Å². The molecule has 0 unspecified atom stereocenters. The van der Waals surface area contributed by atoms with E-state index in [2.05, 4.69) is 60.6 Å². The fourth-order valence-electron chi connectivity index (χ4n) is 6.67. The van der Waals surface area contributed by atoms with Crippen LogP contribution in [0.4, 0.5) is 4.79 Å². The zero-order valence-electron chi connectivity index (χ0n) is 24.0. The fourth-order valence-corrected chi connectivity index (χ4v) is 6.67. The molecule has 0 bridgehead atoms. The number of likely N-dealkylation sites (tertiary alicyclic amines) is 1. The molecule has 0 aliphatic carbocycles. The summed E-state index contributed by atoms with van der Waals surface area (Å²) in [5.41, 5.74) is 6.19. The van der Waals surface area contributed by atoms with E-state index in [1.165, 1.54) is 5.56 Å². The normalized spacial score (nSPS) is 18.5. The van der Waals surface area contributed by atoms with Gasteiger partial charge >= 0.3 is 6.03 Å². The van der Waals surface area contributed by atoms with Gasteiger partial charge in [-0.2, -0.15) is 0 Å². The molecule has 2 fully saturated rings. The highest BCUT2D eigenvalue weighted by molar-refractivity contribution is 5.88. The van der Waals surface area contributed by atoms with E-state index in [-0.39, 0.29) is 11.6 Å². The SMILES string of the molecule is C=C1C=C2N(Cc3cc(CCC)cc(OC)c31)C(=O)N(CC)C21CCN(Cc2cc(OC)cc(OC)c2)CC1. The van der Waals surface area contributed by atoms with Crippen LogP contribution in [-0.4, -0.2) is 67.2 Å². The standard InChI is InChI=1S/C32H41N3O4/c1-7-9-23-15-25-21-34-29(14-22(3)30(25)28(18-23)39-6)32(35(8-2)31(34)36)10-12-33(13-11-32)20-24-16-26(37-4)19-27(17-24)38-5/h14-19H,3,7-13,20-21H2,1-2,4-6H3. The Morgan fingerprint density at radius 2 is 1.62 bits per heavy atom. The Hall–Kier alpha value is -3.45. The molecule has 2 saturated heterocycles. The second kappa shape index (κ2) is 11.0. The molecule has 0 N–H and O–H groups in total. The number of likely N-dealkylation sites (N-methyl/N-ethyl adjacent to an activating group) is 1. The first kappa shape index (κ1) is 27.1. The molecule has 0 radical (unpaired) electrons. The molecule has 3 heterocycles. The van der Waals surface area contributed by atoms with Gasteiger partial charge in [0.2, 0.25) is 0 Å². The molecule has 2 aromatic carbocycles. The van der Waals surface area contributed by atoms with Crippen LogP contribution in [-0.2, 0) is 19.5 Å². The molecule has 2 aromatic rings. The van der Waals surface area contributed by atoms with Crippen molar-refractivity contribution in [1.29, 1.82) is 0 Å². The number of nitrogens with zero attached hydrogens (tertiary/aromatic N) is 3. The van der Waals surface area contributed by atoms with Crippen LogP contribution in [0.5, 0.6) is 17.2 Å². The molecule has 1 spiro atoms.